The first-order valence-electron chi connectivity index (χ1n) is 7.59. The molecule has 2 N–H and O–H groups in total. The fraction of sp³-hybridized carbons (Fsp3) is 0.353. The summed E-state index contributed by atoms with van der Waals surface area (Å²) < 4.78 is 5.17. The summed E-state index contributed by atoms with van der Waals surface area (Å²) in [6.45, 7) is 6.92. The fourth-order valence-electron chi connectivity index (χ4n) is 2.48. The van der Waals surface area contributed by atoms with Gasteiger partial charge in [0.2, 0.25) is 5.95 Å². The van der Waals surface area contributed by atoms with E-state index in [1.165, 1.54) is 0 Å². The highest BCUT2D eigenvalue weighted by atomic mass is 16.5. The maximum Gasteiger partial charge on any atom is 0.257 e. The van der Waals surface area contributed by atoms with Crippen LogP contribution in [0.1, 0.15) is 29.9 Å². The summed E-state index contributed by atoms with van der Waals surface area (Å²) in [5.41, 5.74) is 8.22. The van der Waals surface area contributed by atoms with Crippen molar-refractivity contribution in [2.75, 3.05) is 25.9 Å². The molecule has 0 atom stereocenters. The smallest absolute Gasteiger partial charge is 0.257 e. The molecule has 0 saturated carbocycles. The van der Waals surface area contributed by atoms with Crippen LogP contribution >= 0.6 is 0 Å². The number of rotatable bonds is 5. The van der Waals surface area contributed by atoms with E-state index in [2.05, 4.69) is 9.97 Å². The first-order chi connectivity index (χ1) is 11.0. The summed E-state index contributed by atoms with van der Waals surface area (Å²) in [6, 6.07) is 7.38. The number of hydrogen-bond acceptors (Lipinski definition) is 5. The molecule has 0 bridgehead atoms. The molecule has 1 amide bonds. The number of nitrogens with zero attached hydrogens (tertiary/aromatic N) is 3. The van der Waals surface area contributed by atoms with Gasteiger partial charge in [-0.1, -0.05) is 0 Å². The highest BCUT2D eigenvalue weighted by Crippen LogP contribution is 2.27. The monoisotopic (exact) mass is 314 g/mol. The Morgan fingerprint density at radius 3 is 2.30 bits per heavy atom. The lowest BCUT2D eigenvalue weighted by Crippen LogP contribution is -2.32. The third-order valence-corrected chi connectivity index (χ3v) is 3.74. The van der Waals surface area contributed by atoms with E-state index >= 15 is 0 Å². The summed E-state index contributed by atoms with van der Waals surface area (Å²) in [4.78, 5) is 23.1. The van der Waals surface area contributed by atoms with E-state index in [1.807, 2.05) is 38.1 Å². The summed E-state index contributed by atoms with van der Waals surface area (Å²) in [5.74, 6) is 0.812. The van der Waals surface area contributed by atoms with Crippen molar-refractivity contribution in [3.63, 3.8) is 0 Å². The van der Waals surface area contributed by atoms with Crippen LogP contribution < -0.4 is 10.5 Å². The van der Waals surface area contributed by atoms with Crippen LogP contribution in [0.25, 0.3) is 11.3 Å². The molecule has 1 heterocycles. The van der Waals surface area contributed by atoms with Gasteiger partial charge in [-0.05, 0) is 45.0 Å². The number of carbonyl (C=O) groups is 1. The van der Waals surface area contributed by atoms with E-state index in [-0.39, 0.29) is 11.9 Å². The first kappa shape index (κ1) is 16.7. The van der Waals surface area contributed by atoms with Gasteiger partial charge in [0.25, 0.3) is 5.91 Å². The molecule has 0 aliphatic carbocycles. The normalized spacial score (nSPS) is 10.4. The molecule has 0 spiro atoms. The summed E-state index contributed by atoms with van der Waals surface area (Å²) in [5, 5.41) is 0. The van der Waals surface area contributed by atoms with Crippen LogP contribution in [0, 0.1) is 6.92 Å². The minimum absolute atomic E-state index is 0.0849. The van der Waals surface area contributed by atoms with Crippen LogP contribution in [0.15, 0.2) is 24.3 Å². The van der Waals surface area contributed by atoms with Gasteiger partial charge in [0.05, 0.1) is 24.1 Å². The van der Waals surface area contributed by atoms with E-state index in [4.69, 9.17) is 10.5 Å². The van der Waals surface area contributed by atoms with Crippen LogP contribution in [0.2, 0.25) is 0 Å². The Bertz CT molecular complexity index is 694. The maximum absolute atomic E-state index is 12.8. The number of aryl methyl sites for hydroxylation is 1. The Kier molecular flexibility index (Phi) is 5.16. The van der Waals surface area contributed by atoms with Gasteiger partial charge in [-0.3, -0.25) is 4.79 Å². The van der Waals surface area contributed by atoms with E-state index in [0.29, 0.717) is 30.0 Å². The lowest BCUT2D eigenvalue weighted by Gasteiger charge is -2.21. The average molecular weight is 314 g/mol. The number of carbonyl (C=O) groups excluding carboxylic acids is 1. The molecule has 1 aromatic carbocycles. The van der Waals surface area contributed by atoms with Gasteiger partial charge in [-0.25, -0.2) is 9.97 Å². The molecule has 0 aliphatic rings. The minimum atomic E-state index is -0.0849. The van der Waals surface area contributed by atoms with Crippen molar-refractivity contribution >= 4 is 11.9 Å². The van der Waals surface area contributed by atoms with E-state index < -0.39 is 0 Å². The molecule has 0 saturated heterocycles. The Morgan fingerprint density at radius 1 is 1.17 bits per heavy atom. The first-order valence-corrected chi connectivity index (χ1v) is 7.59. The van der Waals surface area contributed by atoms with Crippen molar-refractivity contribution < 1.29 is 9.53 Å². The molecule has 0 fully saturated rings. The SMILES string of the molecule is CCN(CC)C(=O)c1c(C)nc(N)nc1-c1ccc(OC)cc1. The number of amides is 1. The number of aromatic nitrogens is 2. The molecule has 6 heteroatoms. The molecule has 2 aromatic rings. The van der Waals surface area contributed by atoms with Crippen LogP contribution in [0.4, 0.5) is 5.95 Å². The van der Waals surface area contributed by atoms with Crippen molar-refractivity contribution in [2.24, 2.45) is 0 Å². The summed E-state index contributed by atoms with van der Waals surface area (Å²) >= 11 is 0. The number of hydrogen-bond donors (Lipinski definition) is 1. The Hall–Kier alpha value is -2.63. The molecular formula is C17H22N4O2. The second kappa shape index (κ2) is 7.09. The third-order valence-electron chi connectivity index (χ3n) is 3.74. The molecule has 0 unspecified atom stereocenters. The van der Waals surface area contributed by atoms with Crippen LogP contribution in [-0.2, 0) is 0 Å². The van der Waals surface area contributed by atoms with Crippen molar-refractivity contribution in [1.29, 1.82) is 0 Å². The molecule has 0 aliphatic heterocycles. The number of nitrogens with two attached hydrogens (primary N) is 1. The van der Waals surface area contributed by atoms with Gasteiger partial charge in [0, 0.05) is 18.7 Å². The van der Waals surface area contributed by atoms with Crippen molar-refractivity contribution in [2.45, 2.75) is 20.8 Å². The Labute approximate surface area is 136 Å². The van der Waals surface area contributed by atoms with Crippen LogP contribution in [0.3, 0.4) is 0 Å². The zero-order valence-electron chi connectivity index (χ0n) is 14.0. The molecular weight excluding hydrogens is 292 g/mol. The molecule has 1 aromatic heterocycles. The zero-order valence-corrected chi connectivity index (χ0v) is 14.0. The predicted octanol–water partition coefficient (Wildman–Crippen LogP) is 2.52. The highest BCUT2D eigenvalue weighted by molar-refractivity contribution is 6.01. The molecule has 2 rings (SSSR count). The van der Waals surface area contributed by atoms with Gasteiger partial charge in [0.15, 0.2) is 0 Å². The number of benzene rings is 1. The van der Waals surface area contributed by atoms with Crippen molar-refractivity contribution in [3.05, 3.63) is 35.5 Å². The van der Waals surface area contributed by atoms with E-state index in [9.17, 15) is 4.79 Å². The lowest BCUT2D eigenvalue weighted by atomic mass is 10.0. The van der Waals surface area contributed by atoms with Gasteiger partial charge in [0.1, 0.15) is 5.75 Å². The third kappa shape index (κ3) is 3.41. The number of methoxy groups -OCH3 is 1. The van der Waals surface area contributed by atoms with Gasteiger partial charge in [-0.15, -0.1) is 0 Å². The Morgan fingerprint density at radius 2 is 1.78 bits per heavy atom. The topological polar surface area (TPSA) is 81.3 Å². The molecule has 23 heavy (non-hydrogen) atoms. The quantitative estimate of drug-likeness (QED) is 0.917. The second-order valence-corrected chi connectivity index (χ2v) is 5.10. The second-order valence-electron chi connectivity index (χ2n) is 5.10. The van der Waals surface area contributed by atoms with Crippen molar-refractivity contribution in [3.8, 4) is 17.0 Å². The molecule has 6 nitrogen and oxygen atoms in total. The highest BCUT2D eigenvalue weighted by Gasteiger charge is 2.22. The van der Waals surface area contributed by atoms with Crippen LogP contribution in [-0.4, -0.2) is 41.0 Å². The number of anilines is 1. The minimum Gasteiger partial charge on any atom is -0.497 e. The standard InChI is InChI=1S/C17H22N4O2/c1-5-21(6-2)16(22)14-11(3)19-17(18)20-15(14)12-7-9-13(23-4)10-8-12/h7-10H,5-6H2,1-4H3,(H2,18,19,20). The fourth-order valence-corrected chi connectivity index (χ4v) is 2.48. The molecule has 122 valence electrons. The zero-order chi connectivity index (χ0) is 17.0. The maximum atomic E-state index is 12.8. The Balaban J connectivity index is 2.59. The lowest BCUT2D eigenvalue weighted by molar-refractivity contribution is 0.0772. The van der Waals surface area contributed by atoms with E-state index in [0.717, 1.165) is 11.3 Å². The summed E-state index contributed by atoms with van der Waals surface area (Å²) in [7, 11) is 1.61. The van der Waals surface area contributed by atoms with E-state index in [1.54, 1.807) is 18.9 Å². The average Bonchev–Trinajstić information content (AvgIpc) is 2.55. The van der Waals surface area contributed by atoms with Crippen LogP contribution in [0.5, 0.6) is 5.75 Å². The number of ether oxygens (including phenoxy) is 1. The van der Waals surface area contributed by atoms with Gasteiger partial charge >= 0.3 is 0 Å². The largest absolute Gasteiger partial charge is 0.497 e. The number of nitrogen functional groups attached to an aromatic ring is 1. The van der Waals surface area contributed by atoms with Gasteiger partial charge < -0.3 is 15.4 Å². The summed E-state index contributed by atoms with van der Waals surface area (Å²) in [6.07, 6.45) is 0. The predicted molar refractivity (Wildman–Crippen MR) is 90.4 cm³/mol. The van der Waals surface area contributed by atoms with Gasteiger partial charge in [-0.2, -0.15) is 0 Å². The molecule has 0 radical (unpaired) electrons. The van der Waals surface area contributed by atoms with Crippen molar-refractivity contribution in [1.82, 2.24) is 14.9 Å².